The molecule has 5 rings (SSSR count). The lowest BCUT2D eigenvalue weighted by Crippen LogP contribution is -2.31. The van der Waals surface area contributed by atoms with Crippen LogP contribution in [-0.2, 0) is 6.42 Å². The van der Waals surface area contributed by atoms with Crippen LogP contribution in [0.2, 0.25) is 0 Å². The summed E-state index contributed by atoms with van der Waals surface area (Å²) in [5.74, 6) is 2.05. The summed E-state index contributed by atoms with van der Waals surface area (Å²) in [6, 6.07) is 1.67. The van der Waals surface area contributed by atoms with Gasteiger partial charge in [-0.25, -0.2) is 4.52 Å². The van der Waals surface area contributed by atoms with Crippen molar-refractivity contribution in [2.24, 2.45) is 5.92 Å². The highest BCUT2D eigenvalue weighted by Gasteiger charge is 2.24. The summed E-state index contributed by atoms with van der Waals surface area (Å²) in [7, 11) is 2.16. The highest BCUT2D eigenvalue weighted by Crippen LogP contribution is 2.28. The first-order valence-electron chi connectivity index (χ1n) is 10.5. The second-order valence-electron chi connectivity index (χ2n) is 8.37. The van der Waals surface area contributed by atoms with Crippen molar-refractivity contribution in [3.05, 3.63) is 34.1 Å². The van der Waals surface area contributed by atoms with Crippen molar-refractivity contribution in [3.8, 4) is 11.5 Å². The molecule has 0 spiro atoms. The number of nitrogens with zero attached hydrogens (tertiary/aromatic N) is 5. The molecule has 9 nitrogen and oxygen atoms in total. The summed E-state index contributed by atoms with van der Waals surface area (Å²) in [6.45, 7) is 4.14. The second kappa shape index (κ2) is 7.72. The Hall–Kier alpha value is -2.52. The summed E-state index contributed by atoms with van der Waals surface area (Å²) in [5.41, 5.74) is 2.13. The number of likely N-dealkylation sites (tertiary alicyclic amines) is 1. The molecule has 29 heavy (non-hydrogen) atoms. The van der Waals surface area contributed by atoms with Crippen LogP contribution in [0.5, 0.6) is 0 Å². The third-order valence-corrected chi connectivity index (χ3v) is 6.30. The lowest BCUT2D eigenvalue weighted by atomic mass is 9.94. The molecule has 0 saturated carbocycles. The van der Waals surface area contributed by atoms with Gasteiger partial charge < -0.3 is 19.7 Å². The Morgan fingerprint density at radius 3 is 2.79 bits per heavy atom. The molecule has 0 radical (unpaired) electrons. The molecule has 0 aliphatic carbocycles. The number of hydrogen-bond donors (Lipinski definition) is 2. The van der Waals surface area contributed by atoms with Crippen LogP contribution in [0.25, 0.3) is 17.1 Å². The Morgan fingerprint density at radius 2 is 2.00 bits per heavy atom. The largest absolute Gasteiger partial charge is 0.334 e. The Morgan fingerprint density at radius 1 is 1.21 bits per heavy atom. The summed E-state index contributed by atoms with van der Waals surface area (Å²) >= 11 is 0. The fourth-order valence-electron chi connectivity index (χ4n) is 4.55. The van der Waals surface area contributed by atoms with Gasteiger partial charge in [-0.1, -0.05) is 5.16 Å². The van der Waals surface area contributed by atoms with Gasteiger partial charge in [0, 0.05) is 18.4 Å². The van der Waals surface area contributed by atoms with Crippen molar-refractivity contribution >= 4 is 5.65 Å². The Kier molecular flexibility index (Phi) is 4.92. The third-order valence-electron chi connectivity index (χ3n) is 6.30. The van der Waals surface area contributed by atoms with Gasteiger partial charge >= 0.3 is 0 Å². The molecule has 0 atom stereocenters. The predicted molar refractivity (Wildman–Crippen MR) is 108 cm³/mol. The monoisotopic (exact) mass is 397 g/mol. The SMILES string of the molecule is CN1CCC(Cc2noc(-c3cnn4c(C5CCNCC5)cc(=O)[nH]c34)n2)CC1. The van der Waals surface area contributed by atoms with Gasteiger partial charge in [-0.2, -0.15) is 10.1 Å². The molecule has 0 aromatic carbocycles. The molecule has 2 N–H and O–H groups in total. The van der Waals surface area contributed by atoms with Gasteiger partial charge in [0.1, 0.15) is 11.2 Å². The van der Waals surface area contributed by atoms with Gasteiger partial charge in [0.2, 0.25) is 0 Å². The average molecular weight is 397 g/mol. The maximum Gasteiger partial charge on any atom is 0.263 e. The van der Waals surface area contributed by atoms with Crippen molar-refractivity contribution < 1.29 is 4.52 Å². The minimum atomic E-state index is -0.126. The average Bonchev–Trinajstić information content (AvgIpc) is 3.36. The molecule has 3 aromatic heterocycles. The van der Waals surface area contributed by atoms with Crippen LogP contribution < -0.4 is 10.9 Å². The van der Waals surface area contributed by atoms with E-state index in [0.717, 1.165) is 69.8 Å². The highest BCUT2D eigenvalue weighted by atomic mass is 16.5. The number of aromatic nitrogens is 5. The van der Waals surface area contributed by atoms with Crippen LogP contribution in [0.15, 0.2) is 21.6 Å². The van der Waals surface area contributed by atoms with E-state index >= 15 is 0 Å². The van der Waals surface area contributed by atoms with E-state index < -0.39 is 0 Å². The normalized spacial score (nSPS) is 19.9. The zero-order chi connectivity index (χ0) is 19.8. The number of piperidine rings is 2. The van der Waals surface area contributed by atoms with Gasteiger partial charge in [-0.3, -0.25) is 4.79 Å². The molecule has 5 heterocycles. The van der Waals surface area contributed by atoms with Gasteiger partial charge in [-0.15, -0.1) is 0 Å². The summed E-state index contributed by atoms with van der Waals surface area (Å²) in [5, 5.41) is 12.1. The lowest BCUT2D eigenvalue weighted by Gasteiger charge is -2.27. The molecule has 2 aliphatic heterocycles. The lowest BCUT2D eigenvalue weighted by molar-refractivity contribution is 0.216. The van der Waals surface area contributed by atoms with E-state index in [9.17, 15) is 4.79 Å². The zero-order valence-corrected chi connectivity index (χ0v) is 16.7. The van der Waals surface area contributed by atoms with Crippen LogP contribution >= 0.6 is 0 Å². The van der Waals surface area contributed by atoms with Crippen molar-refractivity contribution in [1.29, 1.82) is 0 Å². The fourth-order valence-corrected chi connectivity index (χ4v) is 4.55. The molecule has 2 fully saturated rings. The van der Waals surface area contributed by atoms with Gasteiger partial charge in [0.25, 0.3) is 11.4 Å². The van der Waals surface area contributed by atoms with Crippen LogP contribution in [-0.4, -0.2) is 62.9 Å². The zero-order valence-electron chi connectivity index (χ0n) is 16.7. The molecular weight excluding hydrogens is 370 g/mol. The first-order chi connectivity index (χ1) is 14.2. The Bertz CT molecular complexity index is 1040. The van der Waals surface area contributed by atoms with Crippen LogP contribution in [0.1, 0.15) is 43.1 Å². The number of fused-ring (bicyclic) bond motifs is 1. The summed E-state index contributed by atoms with van der Waals surface area (Å²) in [6.07, 6.45) is 6.84. The molecule has 0 bridgehead atoms. The molecule has 3 aromatic rings. The fraction of sp³-hybridized carbons (Fsp3) is 0.600. The first kappa shape index (κ1) is 18.5. The molecule has 0 amide bonds. The van der Waals surface area contributed by atoms with Crippen LogP contribution in [0, 0.1) is 5.92 Å². The summed E-state index contributed by atoms with van der Waals surface area (Å²) < 4.78 is 7.38. The minimum Gasteiger partial charge on any atom is -0.334 e. The van der Waals surface area contributed by atoms with Crippen molar-refractivity contribution in [2.45, 2.75) is 38.0 Å². The number of H-pyrrole nitrogens is 1. The van der Waals surface area contributed by atoms with E-state index in [1.54, 1.807) is 12.3 Å². The minimum absolute atomic E-state index is 0.126. The number of aromatic amines is 1. The molecule has 154 valence electrons. The Labute approximate surface area is 168 Å². The maximum atomic E-state index is 12.3. The van der Waals surface area contributed by atoms with Gasteiger partial charge in [0.15, 0.2) is 5.82 Å². The van der Waals surface area contributed by atoms with Crippen molar-refractivity contribution in [1.82, 2.24) is 35.0 Å². The summed E-state index contributed by atoms with van der Waals surface area (Å²) in [4.78, 5) is 22.2. The van der Waals surface area contributed by atoms with E-state index in [1.165, 1.54) is 0 Å². The van der Waals surface area contributed by atoms with Crippen molar-refractivity contribution in [2.75, 3.05) is 33.2 Å². The third kappa shape index (κ3) is 3.72. The predicted octanol–water partition coefficient (Wildman–Crippen LogP) is 1.42. The van der Waals surface area contributed by atoms with E-state index in [1.807, 2.05) is 4.52 Å². The topological polar surface area (TPSA) is 104 Å². The molecule has 2 saturated heterocycles. The smallest absolute Gasteiger partial charge is 0.263 e. The van der Waals surface area contributed by atoms with Gasteiger partial charge in [-0.05, 0) is 64.8 Å². The van der Waals surface area contributed by atoms with E-state index in [-0.39, 0.29) is 5.56 Å². The second-order valence-corrected chi connectivity index (χ2v) is 8.37. The maximum absolute atomic E-state index is 12.3. The molecule has 9 heteroatoms. The van der Waals surface area contributed by atoms with E-state index in [2.05, 4.69) is 37.5 Å². The van der Waals surface area contributed by atoms with Gasteiger partial charge in [0.05, 0.1) is 11.9 Å². The Balaban J connectivity index is 1.43. The number of rotatable bonds is 4. The van der Waals surface area contributed by atoms with Crippen molar-refractivity contribution in [3.63, 3.8) is 0 Å². The van der Waals surface area contributed by atoms with Crippen LogP contribution in [0.4, 0.5) is 0 Å². The number of nitrogens with one attached hydrogen (secondary N) is 2. The van der Waals surface area contributed by atoms with E-state index in [0.29, 0.717) is 28.9 Å². The number of hydrogen-bond acceptors (Lipinski definition) is 7. The standard InChI is InChI=1S/C20H27N7O2/c1-26-8-4-13(5-9-26)10-17-23-20(29-25-17)15-12-22-27-16(11-18(28)24-19(15)27)14-2-6-21-7-3-14/h11-14,21H,2-10H2,1H3,(H,24,28). The molecular formula is C20H27N7O2. The first-order valence-corrected chi connectivity index (χ1v) is 10.5. The highest BCUT2D eigenvalue weighted by molar-refractivity contribution is 5.71. The quantitative estimate of drug-likeness (QED) is 0.686. The van der Waals surface area contributed by atoms with Crippen LogP contribution in [0.3, 0.4) is 0 Å². The van der Waals surface area contributed by atoms with E-state index in [4.69, 9.17) is 4.52 Å². The molecule has 0 unspecified atom stereocenters. The molecule has 2 aliphatic rings.